The average molecular weight is 353 g/mol. The fourth-order valence-corrected chi connectivity index (χ4v) is 3.71. The van der Waals surface area contributed by atoms with Crippen LogP contribution in [-0.2, 0) is 11.2 Å². The highest BCUT2D eigenvalue weighted by Crippen LogP contribution is 2.26. The molecule has 2 aliphatic rings. The first kappa shape index (κ1) is 19.1. The Morgan fingerprint density at radius 1 is 1.21 bits per heavy atom. The molecule has 2 saturated heterocycles. The molecule has 2 N–H and O–H groups in total. The molecule has 2 fully saturated rings. The summed E-state index contributed by atoms with van der Waals surface area (Å²) in [4.78, 5) is 12.2. The van der Waals surface area contributed by atoms with Gasteiger partial charge in [0, 0.05) is 24.5 Å². The summed E-state index contributed by atoms with van der Waals surface area (Å²) in [6.07, 6.45) is 7.08. The van der Waals surface area contributed by atoms with Crippen LogP contribution in [0.4, 0.5) is 0 Å². The molecule has 0 aliphatic carbocycles. The van der Waals surface area contributed by atoms with Gasteiger partial charge in [-0.05, 0) is 56.2 Å². The van der Waals surface area contributed by atoms with Crippen LogP contribution in [0.25, 0.3) is 0 Å². The van der Waals surface area contributed by atoms with Crippen LogP contribution >= 0.6 is 12.4 Å². The van der Waals surface area contributed by atoms with Gasteiger partial charge in [0.15, 0.2) is 0 Å². The molecule has 2 bridgehead atoms. The van der Waals surface area contributed by atoms with E-state index in [4.69, 9.17) is 4.74 Å². The highest BCUT2D eigenvalue weighted by Gasteiger charge is 2.33. The Kier molecular flexibility index (Phi) is 7.38. The molecule has 0 saturated carbocycles. The molecule has 0 radical (unpaired) electrons. The highest BCUT2D eigenvalue weighted by atomic mass is 35.5. The molecule has 2 unspecified atom stereocenters. The Balaban J connectivity index is 0.00000208. The molecule has 1 amide bonds. The van der Waals surface area contributed by atoms with Gasteiger partial charge >= 0.3 is 0 Å². The summed E-state index contributed by atoms with van der Waals surface area (Å²) in [5, 5.41) is 6.83. The van der Waals surface area contributed by atoms with Crippen molar-refractivity contribution in [3.05, 3.63) is 29.8 Å². The van der Waals surface area contributed by atoms with Gasteiger partial charge in [-0.3, -0.25) is 4.79 Å². The molecule has 3 rings (SSSR count). The summed E-state index contributed by atoms with van der Waals surface area (Å²) >= 11 is 0. The van der Waals surface area contributed by atoms with E-state index < -0.39 is 0 Å². The number of fused-ring (bicyclic) bond motifs is 2. The fraction of sp³-hybridized carbons (Fsp3) is 0.632. The molecule has 0 spiro atoms. The van der Waals surface area contributed by atoms with E-state index >= 15 is 0 Å². The third-order valence-corrected chi connectivity index (χ3v) is 4.88. The molecule has 4 nitrogen and oxygen atoms in total. The lowest BCUT2D eigenvalue weighted by atomic mass is 9.99. The van der Waals surface area contributed by atoms with Crippen molar-refractivity contribution in [3.63, 3.8) is 0 Å². The van der Waals surface area contributed by atoms with E-state index in [2.05, 4.69) is 29.7 Å². The number of carbonyl (C=O) groups is 1. The van der Waals surface area contributed by atoms with Crippen molar-refractivity contribution in [2.75, 3.05) is 6.61 Å². The molecule has 2 heterocycles. The summed E-state index contributed by atoms with van der Waals surface area (Å²) in [6.45, 7) is 2.85. The molecule has 5 heteroatoms. The van der Waals surface area contributed by atoms with Crippen molar-refractivity contribution in [3.8, 4) is 5.75 Å². The normalized spacial score (nSPS) is 25.0. The first-order chi connectivity index (χ1) is 11.2. The van der Waals surface area contributed by atoms with Crippen molar-refractivity contribution in [2.24, 2.45) is 0 Å². The molecule has 24 heavy (non-hydrogen) atoms. The van der Waals surface area contributed by atoms with Gasteiger partial charge in [-0.15, -0.1) is 12.4 Å². The molecular weight excluding hydrogens is 324 g/mol. The maximum Gasteiger partial charge on any atom is 0.220 e. The van der Waals surface area contributed by atoms with E-state index in [0.29, 0.717) is 24.5 Å². The standard InChI is InChI=1S/C19H28N2O2.ClH/c1-2-11-23-18-8-3-14(4-9-18)5-10-19(22)21-17-12-15-6-7-16(13-17)20-15;/h3-4,8-9,15-17,20H,2,5-7,10-13H2,1H3,(H,21,22);1H. The number of aryl methyl sites for hydroxylation is 1. The Morgan fingerprint density at radius 3 is 2.50 bits per heavy atom. The van der Waals surface area contributed by atoms with E-state index in [9.17, 15) is 4.79 Å². The van der Waals surface area contributed by atoms with Gasteiger partial charge < -0.3 is 15.4 Å². The topological polar surface area (TPSA) is 50.4 Å². The summed E-state index contributed by atoms with van der Waals surface area (Å²) in [6, 6.07) is 9.71. The molecular formula is C19H29ClN2O2. The van der Waals surface area contributed by atoms with Gasteiger partial charge in [0.1, 0.15) is 5.75 Å². The third kappa shape index (κ3) is 5.38. The number of nitrogens with one attached hydrogen (secondary N) is 2. The predicted molar refractivity (Wildman–Crippen MR) is 98.9 cm³/mol. The van der Waals surface area contributed by atoms with E-state index in [-0.39, 0.29) is 18.3 Å². The lowest BCUT2D eigenvalue weighted by molar-refractivity contribution is -0.122. The van der Waals surface area contributed by atoms with Gasteiger partial charge in [0.05, 0.1) is 6.61 Å². The van der Waals surface area contributed by atoms with Crippen molar-refractivity contribution in [2.45, 2.75) is 70.0 Å². The van der Waals surface area contributed by atoms with Crippen LogP contribution in [0.5, 0.6) is 5.75 Å². The first-order valence-electron chi connectivity index (χ1n) is 9.00. The molecule has 0 aromatic heterocycles. The molecule has 1 aromatic carbocycles. The Hall–Kier alpha value is -1.26. The van der Waals surface area contributed by atoms with Gasteiger partial charge in [-0.2, -0.15) is 0 Å². The quantitative estimate of drug-likeness (QED) is 0.792. The number of hydrogen-bond acceptors (Lipinski definition) is 3. The van der Waals surface area contributed by atoms with Gasteiger partial charge in [-0.1, -0.05) is 19.1 Å². The number of amides is 1. The zero-order chi connectivity index (χ0) is 16.1. The molecule has 1 aromatic rings. The average Bonchev–Trinajstić information content (AvgIpc) is 2.90. The Bertz CT molecular complexity index is 509. The maximum absolute atomic E-state index is 12.2. The summed E-state index contributed by atoms with van der Waals surface area (Å²) in [5.74, 6) is 1.09. The van der Waals surface area contributed by atoms with Gasteiger partial charge in [0.2, 0.25) is 5.91 Å². The van der Waals surface area contributed by atoms with Crippen LogP contribution in [-0.4, -0.2) is 30.6 Å². The second kappa shape index (κ2) is 9.28. The number of carbonyl (C=O) groups excluding carboxylic acids is 1. The molecule has 2 atom stereocenters. The largest absolute Gasteiger partial charge is 0.494 e. The fourth-order valence-electron chi connectivity index (χ4n) is 3.71. The second-order valence-electron chi connectivity index (χ2n) is 6.87. The van der Waals surface area contributed by atoms with Crippen LogP contribution in [0.3, 0.4) is 0 Å². The van der Waals surface area contributed by atoms with Crippen molar-refractivity contribution >= 4 is 18.3 Å². The Morgan fingerprint density at radius 2 is 1.88 bits per heavy atom. The number of benzene rings is 1. The minimum atomic E-state index is 0. The highest BCUT2D eigenvalue weighted by molar-refractivity contribution is 5.85. The van der Waals surface area contributed by atoms with Crippen molar-refractivity contribution < 1.29 is 9.53 Å². The second-order valence-corrected chi connectivity index (χ2v) is 6.87. The van der Waals surface area contributed by atoms with E-state index in [1.165, 1.54) is 18.4 Å². The zero-order valence-electron chi connectivity index (χ0n) is 14.4. The number of rotatable bonds is 7. The first-order valence-corrected chi connectivity index (χ1v) is 9.00. The van der Waals surface area contributed by atoms with E-state index in [1.807, 2.05) is 12.1 Å². The van der Waals surface area contributed by atoms with Crippen LogP contribution < -0.4 is 15.4 Å². The summed E-state index contributed by atoms with van der Waals surface area (Å²) < 4.78 is 5.58. The number of halogens is 1. The predicted octanol–water partition coefficient (Wildman–Crippen LogP) is 3.23. The van der Waals surface area contributed by atoms with Crippen LogP contribution in [0.2, 0.25) is 0 Å². The van der Waals surface area contributed by atoms with Crippen LogP contribution in [0, 0.1) is 0 Å². The lowest BCUT2D eigenvalue weighted by Gasteiger charge is -2.29. The summed E-state index contributed by atoms with van der Waals surface area (Å²) in [5.41, 5.74) is 1.19. The number of piperidine rings is 1. The third-order valence-electron chi connectivity index (χ3n) is 4.88. The molecule has 134 valence electrons. The van der Waals surface area contributed by atoms with E-state index in [0.717, 1.165) is 38.0 Å². The molecule has 2 aliphatic heterocycles. The van der Waals surface area contributed by atoms with Gasteiger partial charge in [0.25, 0.3) is 0 Å². The van der Waals surface area contributed by atoms with E-state index in [1.54, 1.807) is 0 Å². The van der Waals surface area contributed by atoms with Crippen molar-refractivity contribution in [1.82, 2.24) is 10.6 Å². The van der Waals surface area contributed by atoms with Crippen molar-refractivity contribution in [1.29, 1.82) is 0 Å². The number of ether oxygens (including phenoxy) is 1. The zero-order valence-corrected chi connectivity index (χ0v) is 15.2. The SMILES string of the molecule is CCCOc1ccc(CCC(=O)NC2CC3CCC(C2)N3)cc1.Cl. The lowest BCUT2D eigenvalue weighted by Crippen LogP contribution is -2.48. The number of hydrogen-bond donors (Lipinski definition) is 2. The van der Waals surface area contributed by atoms with Gasteiger partial charge in [-0.25, -0.2) is 0 Å². The Labute approximate surface area is 151 Å². The monoisotopic (exact) mass is 352 g/mol. The summed E-state index contributed by atoms with van der Waals surface area (Å²) in [7, 11) is 0. The minimum absolute atomic E-state index is 0. The maximum atomic E-state index is 12.2. The van der Waals surface area contributed by atoms with Crippen LogP contribution in [0.15, 0.2) is 24.3 Å². The smallest absolute Gasteiger partial charge is 0.220 e. The van der Waals surface area contributed by atoms with Crippen LogP contribution in [0.1, 0.15) is 51.0 Å². The minimum Gasteiger partial charge on any atom is -0.494 e.